The Morgan fingerprint density at radius 1 is 0.443 bits per heavy atom. The molecule has 0 radical (unpaired) electrons. The SMILES string of the molecule is COc1ccc(C(C)(C)c2ccc(Oc3ccc(S(=O)(=O)c4ccc(C)c(N(C)[S+](N(C)C)N(C)C)c4)c(N(C)[S+](N(C)C)N(C)C)c3)c(N(C)[S+](N(C)C)N(C)C)c2)c(N(C)[S+](N(C)C)N(C)C)c1. The van der Waals surface area contributed by atoms with Crippen LogP contribution in [0.3, 0.4) is 0 Å². The Labute approximate surface area is 436 Å². The third-order valence-electron chi connectivity index (χ3n) is 11.4. The van der Waals surface area contributed by atoms with Crippen molar-refractivity contribution < 1.29 is 17.9 Å². The van der Waals surface area contributed by atoms with Crippen LogP contribution in [0.25, 0.3) is 0 Å². The van der Waals surface area contributed by atoms with E-state index >= 15 is 8.42 Å². The van der Waals surface area contributed by atoms with Gasteiger partial charge in [0.2, 0.25) is 9.84 Å². The summed E-state index contributed by atoms with van der Waals surface area (Å²) in [5, 5.41) is 0. The molecule has 0 aliphatic rings. The molecule has 390 valence electrons. The van der Waals surface area contributed by atoms with E-state index in [-0.39, 0.29) is 21.2 Å². The molecule has 0 spiro atoms. The van der Waals surface area contributed by atoms with Gasteiger partial charge in [0.15, 0.2) is 5.75 Å². The highest BCUT2D eigenvalue weighted by molar-refractivity contribution is 7.95. The molecule has 21 heteroatoms. The zero-order chi connectivity index (χ0) is 53.1. The lowest BCUT2D eigenvalue weighted by molar-refractivity contribution is 0.414. The normalized spacial score (nSPS) is 12.8. The number of methoxy groups -OCH3 is 1. The summed E-state index contributed by atoms with van der Waals surface area (Å²) in [6.45, 7) is 6.54. The standard InChI is InChI=1S/C49H84N12O4S5/c1-37-25-29-41(36-43(37)58(20)66(50(4)5)51(6)7)70(62,63)48-32-28-40(35-46(48)61(23)69(56(16)17)57(18)19)65-47-31-26-38(33-45(47)60(22)68(54(12)13)55(14)15)49(2,3)42-30-27-39(64-24)34-44(42)59(21)67(52(8)9)53(10)11/h25-36H,1-24H3/q+4. The average Bonchev–Trinajstić information content (AvgIpc) is 3.25. The summed E-state index contributed by atoms with van der Waals surface area (Å²) in [7, 11) is 38.6. The minimum atomic E-state index is -4.07. The molecule has 0 aromatic heterocycles. The Kier molecular flexibility index (Phi) is 20.5. The summed E-state index contributed by atoms with van der Waals surface area (Å²) in [6, 6.07) is 23.5. The molecule has 0 saturated heterocycles. The highest BCUT2D eigenvalue weighted by atomic mass is 32.2. The molecule has 0 bridgehead atoms. The average molecular weight is 1070 g/mol. The summed E-state index contributed by atoms with van der Waals surface area (Å²) in [5.74, 6) is 1.92. The number of sulfone groups is 1. The van der Waals surface area contributed by atoms with E-state index in [4.69, 9.17) is 9.47 Å². The predicted molar refractivity (Wildman–Crippen MR) is 307 cm³/mol. The fraction of sp³-hybridized carbons (Fsp3) is 0.510. The van der Waals surface area contributed by atoms with Crippen LogP contribution in [0.1, 0.15) is 30.5 Å². The molecule has 4 rings (SSSR count). The summed E-state index contributed by atoms with van der Waals surface area (Å²) in [4.78, 5) is 0.397. The van der Waals surface area contributed by atoms with Gasteiger partial charge in [-0.25, -0.2) is 8.42 Å². The van der Waals surface area contributed by atoms with Crippen molar-refractivity contribution in [3.05, 3.63) is 89.5 Å². The van der Waals surface area contributed by atoms with E-state index in [2.05, 4.69) is 156 Å². The molecule has 0 unspecified atom stereocenters. The molecule has 0 fully saturated rings. The lowest BCUT2D eigenvalue weighted by Gasteiger charge is -2.33. The van der Waals surface area contributed by atoms with Crippen LogP contribution in [0.4, 0.5) is 22.7 Å². The number of anilines is 4. The molecule has 0 saturated carbocycles. The molecule has 70 heavy (non-hydrogen) atoms. The second-order valence-electron chi connectivity index (χ2n) is 18.8. The lowest BCUT2D eigenvalue weighted by atomic mass is 9.77. The minimum absolute atomic E-state index is 0.183. The van der Waals surface area contributed by atoms with Crippen LogP contribution in [-0.4, -0.2) is 191 Å². The molecular weight excluding hydrogens is 981 g/mol. The minimum Gasteiger partial charge on any atom is -0.497 e. The first-order valence-electron chi connectivity index (χ1n) is 22.7. The highest BCUT2D eigenvalue weighted by Crippen LogP contribution is 2.45. The molecule has 0 aliphatic carbocycles. The van der Waals surface area contributed by atoms with Crippen LogP contribution in [0.5, 0.6) is 17.2 Å². The summed E-state index contributed by atoms with van der Waals surface area (Å²) < 4.78 is 69.1. The molecule has 4 aromatic rings. The van der Waals surface area contributed by atoms with E-state index in [1.165, 1.54) is 0 Å². The van der Waals surface area contributed by atoms with E-state index in [1.807, 2.05) is 106 Å². The number of nitrogens with zero attached hydrogens (tertiary/aromatic N) is 12. The van der Waals surface area contributed by atoms with Gasteiger partial charge in [0.1, 0.15) is 22.9 Å². The second kappa shape index (κ2) is 24.2. The van der Waals surface area contributed by atoms with Gasteiger partial charge in [0.25, 0.3) is 45.8 Å². The van der Waals surface area contributed by atoms with Gasteiger partial charge in [0.05, 0.1) is 56.5 Å². The van der Waals surface area contributed by atoms with Gasteiger partial charge in [-0.15, -0.1) is 0 Å². The maximum absolute atomic E-state index is 15.2. The van der Waals surface area contributed by atoms with Gasteiger partial charge < -0.3 is 9.47 Å². The smallest absolute Gasteiger partial charge is 0.294 e. The molecule has 0 heterocycles. The zero-order valence-electron chi connectivity index (χ0n) is 46.5. The Balaban J connectivity index is 1.99. The number of ether oxygens (including phenoxy) is 2. The van der Waals surface area contributed by atoms with E-state index in [0.29, 0.717) is 17.2 Å². The van der Waals surface area contributed by atoms with E-state index in [1.54, 1.807) is 31.4 Å². The van der Waals surface area contributed by atoms with Crippen molar-refractivity contribution in [1.29, 1.82) is 0 Å². The van der Waals surface area contributed by atoms with Crippen LogP contribution in [0.2, 0.25) is 0 Å². The van der Waals surface area contributed by atoms with Crippen molar-refractivity contribution in [2.75, 3.05) is 165 Å². The molecule has 4 aromatic carbocycles. The first-order valence-corrected chi connectivity index (χ1v) is 28.6. The predicted octanol–water partition coefficient (Wildman–Crippen LogP) is 6.65. The van der Waals surface area contributed by atoms with Crippen molar-refractivity contribution in [2.45, 2.75) is 36.0 Å². The highest BCUT2D eigenvalue weighted by Gasteiger charge is 2.42. The summed E-state index contributed by atoms with van der Waals surface area (Å²) in [6.07, 6.45) is 0. The van der Waals surface area contributed by atoms with Crippen LogP contribution in [0, 0.1) is 6.92 Å². The third-order valence-corrected chi connectivity index (χ3v) is 21.2. The van der Waals surface area contributed by atoms with Gasteiger partial charge >= 0.3 is 0 Å². The molecule has 0 amide bonds. The summed E-state index contributed by atoms with van der Waals surface area (Å²) in [5.41, 5.74) is 6.01. The van der Waals surface area contributed by atoms with Gasteiger partial charge in [-0.05, 0) is 66.1 Å². The van der Waals surface area contributed by atoms with Crippen LogP contribution in [-0.2, 0) is 61.1 Å². The Hall–Kier alpha value is -3.29. The van der Waals surface area contributed by atoms with Crippen LogP contribution in [0.15, 0.2) is 82.6 Å². The van der Waals surface area contributed by atoms with E-state index in [0.717, 1.165) is 39.5 Å². The van der Waals surface area contributed by atoms with Crippen molar-refractivity contribution in [1.82, 2.24) is 34.4 Å². The van der Waals surface area contributed by atoms with E-state index < -0.39 is 49.6 Å². The van der Waals surface area contributed by atoms with Gasteiger partial charge in [-0.2, -0.15) is 17.2 Å². The first kappa shape index (κ1) is 59.3. The molecule has 0 atom stereocenters. The molecule has 0 N–H and O–H groups in total. The molecule has 16 nitrogen and oxygen atoms in total. The van der Waals surface area contributed by atoms with Crippen molar-refractivity contribution in [2.24, 2.45) is 0 Å². The van der Waals surface area contributed by atoms with Gasteiger partial charge in [-0.3, -0.25) is 0 Å². The molecular formula is C49H84N12O4S5+4. The Morgan fingerprint density at radius 3 is 1.31 bits per heavy atom. The van der Waals surface area contributed by atoms with Gasteiger partial charge in [0, 0.05) is 130 Å². The Bertz CT molecular complexity index is 2460. The van der Waals surface area contributed by atoms with Crippen molar-refractivity contribution in [3.63, 3.8) is 0 Å². The number of hydrogen-bond acceptors (Lipinski definition) is 16. The zero-order valence-corrected chi connectivity index (χ0v) is 50.6. The number of hydrogen-bond donors (Lipinski definition) is 0. The van der Waals surface area contributed by atoms with Gasteiger partial charge in [-0.1, -0.05) is 66.5 Å². The fourth-order valence-corrected chi connectivity index (χ4v) is 18.2. The quantitative estimate of drug-likeness (QED) is 0.0743. The topological polar surface area (TPSA) is 91.5 Å². The maximum Gasteiger partial charge on any atom is 0.294 e. The third kappa shape index (κ3) is 12.9. The first-order chi connectivity index (χ1) is 32.4. The lowest BCUT2D eigenvalue weighted by Crippen LogP contribution is -2.47. The summed E-state index contributed by atoms with van der Waals surface area (Å²) >= 11 is -1.99. The fourth-order valence-electron chi connectivity index (χ4n) is 8.82. The monoisotopic (exact) mass is 1060 g/mol. The number of aryl methyl sites for hydroxylation is 1. The number of rotatable bonds is 23. The Morgan fingerprint density at radius 2 is 0.857 bits per heavy atom. The maximum atomic E-state index is 15.2. The van der Waals surface area contributed by atoms with Crippen LogP contribution < -0.4 is 26.7 Å². The van der Waals surface area contributed by atoms with E-state index in [9.17, 15) is 0 Å². The van der Waals surface area contributed by atoms with Crippen molar-refractivity contribution >= 4 is 78.4 Å². The second-order valence-corrected chi connectivity index (χ2v) is 30.8. The van der Waals surface area contributed by atoms with Crippen molar-refractivity contribution in [3.8, 4) is 17.2 Å². The molecule has 0 aliphatic heterocycles. The van der Waals surface area contributed by atoms with Crippen LogP contribution >= 0.6 is 0 Å². The largest absolute Gasteiger partial charge is 0.497 e. The number of benzene rings is 4.